The second-order valence-corrected chi connectivity index (χ2v) is 9.67. The van der Waals surface area contributed by atoms with Crippen LogP contribution in [0.3, 0.4) is 0 Å². The molecule has 2 aromatic heterocycles. The average Bonchev–Trinajstić information content (AvgIpc) is 3.42. The molecule has 1 fully saturated rings. The Morgan fingerprint density at radius 1 is 1.16 bits per heavy atom. The van der Waals surface area contributed by atoms with Gasteiger partial charge in [0.25, 0.3) is 0 Å². The fourth-order valence-electron chi connectivity index (χ4n) is 3.41. The van der Waals surface area contributed by atoms with Gasteiger partial charge in [0.1, 0.15) is 11.5 Å². The molecule has 9 nitrogen and oxygen atoms in total. The lowest BCUT2D eigenvalue weighted by molar-refractivity contribution is 0.0904. The molecule has 31 heavy (non-hydrogen) atoms. The predicted octanol–water partition coefficient (Wildman–Crippen LogP) is 2.99. The number of benzene rings is 1. The number of hydrogen-bond donors (Lipinski definition) is 1. The molecule has 164 valence electrons. The highest BCUT2D eigenvalue weighted by Crippen LogP contribution is 2.25. The van der Waals surface area contributed by atoms with E-state index in [0.29, 0.717) is 30.3 Å². The first-order valence-electron chi connectivity index (χ1n) is 10.1. The maximum absolute atomic E-state index is 12.8. The van der Waals surface area contributed by atoms with Gasteiger partial charge in [-0.2, -0.15) is 9.29 Å². The van der Waals surface area contributed by atoms with E-state index in [1.54, 1.807) is 18.2 Å². The maximum Gasteiger partial charge on any atom is 0.316 e. The molecule has 0 unspecified atom stereocenters. The summed E-state index contributed by atoms with van der Waals surface area (Å²) >= 11 is 0. The van der Waals surface area contributed by atoms with E-state index in [1.165, 1.54) is 16.4 Å². The molecule has 0 saturated carbocycles. The van der Waals surface area contributed by atoms with Crippen molar-refractivity contribution in [1.82, 2.24) is 19.8 Å². The van der Waals surface area contributed by atoms with Crippen LogP contribution in [0, 0.1) is 12.8 Å². The molecule has 3 heterocycles. The summed E-state index contributed by atoms with van der Waals surface area (Å²) in [6.07, 6.45) is 1.73. The van der Waals surface area contributed by atoms with Crippen molar-refractivity contribution in [3.63, 3.8) is 0 Å². The quantitative estimate of drug-likeness (QED) is 0.621. The number of nitrogens with one attached hydrogen (secondary N) is 1. The molecule has 10 heteroatoms. The van der Waals surface area contributed by atoms with Gasteiger partial charge in [0.15, 0.2) is 0 Å². The molecular weight excluding hydrogens is 420 g/mol. The number of sulfonamides is 1. The lowest BCUT2D eigenvalue weighted by atomic mass is 10.0. The fraction of sp³-hybridized carbons (Fsp3) is 0.381. The van der Waals surface area contributed by atoms with Crippen molar-refractivity contribution < 1.29 is 22.2 Å². The first-order valence-corrected chi connectivity index (χ1v) is 11.5. The summed E-state index contributed by atoms with van der Waals surface area (Å²) in [5.74, 6) is 1.41. The smallest absolute Gasteiger partial charge is 0.316 e. The normalized spacial score (nSPS) is 15.8. The van der Waals surface area contributed by atoms with Crippen LogP contribution >= 0.6 is 0 Å². The van der Waals surface area contributed by atoms with Gasteiger partial charge < -0.3 is 14.3 Å². The molecule has 0 bridgehead atoms. The van der Waals surface area contributed by atoms with Crippen LogP contribution in [0.4, 0.5) is 0 Å². The molecule has 1 amide bonds. The van der Waals surface area contributed by atoms with E-state index in [9.17, 15) is 13.2 Å². The Balaban J connectivity index is 1.42. The summed E-state index contributed by atoms with van der Waals surface area (Å²) < 4.78 is 37.7. The number of rotatable bonds is 6. The number of amides is 1. The van der Waals surface area contributed by atoms with E-state index in [0.717, 1.165) is 18.6 Å². The van der Waals surface area contributed by atoms with Gasteiger partial charge in [-0.1, -0.05) is 12.1 Å². The Hall–Kier alpha value is -2.98. The fourth-order valence-corrected chi connectivity index (χ4v) is 4.88. The average molecular weight is 445 g/mol. The summed E-state index contributed by atoms with van der Waals surface area (Å²) in [5.41, 5.74) is 0.552. The number of nitrogens with zero attached hydrogens (tertiary/aromatic N) is 3. The minimum atomic E-state index is -3.53. The molecule has 0 aliphatic carbocycles. The molecule has 4 rings (SSSR count). The highest BCUT2D eigenvalue weighted by Gasteiger charge is 2.28. The van der Waals surface area contributed by atoms with Gasteiger partial charge in [-0.3, -0.25) is 4.79 Å². The molecule has 0 radical (unpaired) electrons. The second-order valence-electron chi connectivity index (χ2n) is 7.73. The Bertz CT molecular complexity index is 1160. The number of aryl methyl sites for hydroxylation is 1. The SMILES string of the molecule is Cc1ccc(CNC(=O)c2nc(-c3ccc(S(=O)(=O)N4CCC(C)CC4)cc3)no2)o1. The van der Waals surface area contributed by atoms with Gasteiger partial charge in [-0.15, -0.1) is 0 Å². The number of aromatic nitrogens is 2. The third-order valence-corrected chi connectivity index (χ3v) is 7.25. The molecule has 1 aliphatic heterocycles. The number of carbonyl (C=O) groups excluding carboxylic acids is 1. The molecule has 0 atom stereocenters. The molecular formula is C21H24N4O5S. The summed E-state index contributed by atoms with van der Waals surface area (Å²) in [6, 6.07) is 9.85. The molecule has 1 aromatic carbocycles. The van der Waals surface area contributed by atoms with E-state index < -0.39 is 15.9 Å². The Morgan fingerprint density at radius 2 is 1.87 bits per heavy atom. The third kappa shape index (κ3) is 4.70. The number of piperidine rings is 1. The van der Waals surface area contributed by atoms with Crippen molar-refractivity contribution in [3.05, 3.63) is 53.8 Å². The van der Waals surface area contributed by atoms with Crippen molar-refractivity contribution in [2.75, 3.05) is 13.1 Å². The first-order chi connectivity index (χ1) is 14.8. The number of hydrogen-bond acceptors (Lipinski definition) is 7. The van der Waals surface area contributed by atoms with Crippen LogP contribution in [0.25, 0.3) is 11.4 Å². The monoisotopic (exact) mass is 444 g/mol. The van der Waals surface area contributed by atoms with Crippen LogP contribution in [-0.2, 0) is 16.6 Å². The number of furan rings is 1. The largest absolute Gasteiger partial charge is 0.465 e. The van der Waals surface area contributed by atoms with Gasteiger partial charge >= 0.3 is 11.8 Å². The summed E-state index contributed by atoms with van der Waals surface area (Å²) in [4.78, 5) is 16.6. The summed E-state index contributed by atoms with van der Waals surface area (Å²) in [7, 11) is -3.53. The van der Waals surface area contributed by atoms with Gasteiger partial charge in [-0.25, -0.2) is 8.42 Å². The number of carbonyl (C=O) groups is 1. The summed E-state index contributed by atoms with van der Waals surface area (Å²) in [5, 5.41) is 6.47. The highest BCUT2D eigenvalue weighted by atomic mass is 32.2. The Kier molecular flexibility index (Phi) is 5.92. The van der Waals surface area contributed by atoms with E-state index in [1.807, 2.05) is 13.0 Å². The zero-order valence-corrected chi connectivity index (χ0v) is 18.2. The van der Waals surface area contributed by atoms with Crippen LogP contribution in [-0.4, -0.2) is 41.9 Å². The Labute approximate surface area is 180 Å². The van der Waals surface area contributed by atoms with Crippen molar-refractivity contribution in [3.8, 4) is 11.4 Å². The second kappa shape index (κ2) is 8.64. The van der Waals surface area contributed by atoms with E-state index in [2.05, 4.69) is 22.4 Å². The summed E-state index contributed by atoms with van der Waals surface area (Å²) in [6.45, 7) is 5.22. The lowest BCUT2D eigenvalue weighted by Crippen LogP contribution is -2.37. The van der Waals surface area contributed by atoms with Crippen LogP contribution in [0.1, 0.15) is 42.0 Å². The minimum Gasteiger partial charge on any atom is -0.465 e. The van der Waals surface area contributed by atoms with Gasteiger partial charge in [0.05, 0.1) is 11.4 Å². The van der Waals surface area contributed by atoms with Crippen molar-refractivity contribution in [2.24, 2.45) is 5.92 Å². The maximum atomic E-state index is 12.8. The van der Waals surface area contributed by atoms with E-state index in [-0.39, 0.29) is 23.2 Å². The van der Waals surface area contributed by atoms with Crippen molar-refractivity contribution in [1.29, 1.82) is 0 Å². The lowest BCUT2D eigenvalue weighted by Gasteiger charge is -2.29. The highest BCUT2D eigenvalue weighted by molar-refractivity contribution is 7.89. The molecule has 1 aliphatic rings. The van der Waals surface area contributed by atoms with Gasteiger partial charge in [0.2, 0.25) is 15.8 Å². The molecule has 1 saturated heterocycles. The zero-order chi connectivity index (χ0) is 22.0. The van der Waals surface area contributed by atoms with Crippen LogP contribution in [0.2, 0.25) is 0 Å². The van der Waals surface area contributed by atoms with Crippen LogP contribution < -0.4 is 5.32 Å². The van der Waals surface area contributed by atoms with E-state index >= 15 is 0 Å². The van der Waals surface area contributed by atoms with Gasteiger partial charge in [-0.05, 0) is 62.1 Å². The molecule has 1 N–H and O–H groups in total. The topological polar surface area (TPSA) is 119 Å². The third-order valence-electron chi connectivity index (χ3n) is 5.33. The molecule has 3 aromatic rings. The minimum absolute atomic E-state index is 0.183. The predicted molar refractivity (Wildman–Crippen MR) is 112 cm³/mol. The molecule has 0 spiro atoms. The first kappa shape index (κ1) is 21.3. The van der Waals surface area contributed by atoms with Crippen LogP contribution in [0.15, 0.2) is 50.2 Å². The van der Waals surface area contributed by atoms with E-state index in [4.69, 9.17) is 8.94 Å². The van der Waals surface area contributed by atoms with Crippen LogP contribution in [0.5, 0.6) is 0 Å². The van der Waals surface area contributed by atoms with Crippen molar-refractivity contribution in [2.45, 2.75) is 38.1 Å². The Morgan fingerprint density at radius 3 is 2.52 bits per heavy atom. The van der Waals surface area contributed by atoms with Crippen molar-refractivity contribution >= 4 is 15.9 Å². The zero-order valence-electron chi connectivity index (χ0n) is 17.4. The van der Waals surface area contributed by atoms with Gasteiger partial charge in [0, 0.05) is 18.7 Å². The standard InChI is InChI=1S/C21H24N4O5S/c1-14-9-11-25(12-10-14)31(27,28)18-7-4-16(5-8-18)19-23-21(30-24-19)20(26)22-13-17-6-3-15(2)29-17/h3-8,14H,9-13H2,1-2H3,(H,22,26).